The molecule has 2 heterocycles. The van der Waals surface area contributed by atoms with Crippen molar-refractivity contribution in [1.82, 2.24) is 15.3 Å². The van der Waals surface area contributed by atoms with Gasteiger partial charge in [-0.15, -0.1) is 11.6 Å². The predicted octanol–water partition coefficient (Wildman–Crippen LogP) is 5.75. The number of nitrogens with zero attached hydrogens (tertiary/aromatic N) is 2. The fourth-order valence-electron chi connectivity index (χ4n) is 3.67. The van der Waals surface area contributed by atoms with E-state index in [4.69, 9.17) is 26.5 Å². The van der Waals surface area contributed by atoms with Crippen LogP contribution >= 0.6 is 11.6 Å². The molecule has 0 radical (unpaired) electrons. The van der Waals surface area contributed by atoms with Gasteiger partial charge in [0.15, 0.2) is 11.5 Å². The Labute approximate surface area is 217 Å². The summed E-state index contributed by atoms with van der Waals surface area (Å²) in [6.07, 6.45) is -4.69. The van der Waals surface area contributed by atoms with Gasteiger partial charge in [0.1, 0.15) is 28.6 Å². The van der Waals surface area contributed by atoms with Gasteiger partial charge in [-0.05, 0) is 37.3 Å². The van der Waals surface area contributed by atoms with Crippen LogP contribution in [0.3, 0.4) is 0 Å². The van der Waals surface area contributed by atoms with Crippen LogP contribution < -0.4 is 15.8 Å². The Morgan fingerprint density at radius 3 is 2.53 bits per heavy atom. The lowest BCUT2D eigenvalue weighted by molar-refractivity contribution is -0.140. The first-order valence-corrected chi connectivity index (χ1v) is 11.5. The number of pyridine rings is 1. The minimum Gasteiger partial charge on any atom is -0.494 e. The minimum absolute atomic E-state index is 0.0210. The van der Waals surface area contributed by atoms with Gasteiger partial charge in [0, 0.05) is 29.1 Å². The molecule has 4 aromatic rings. The zero-order valence-corrected chi connectivity index (χ0v) is 20.6. The molecule has 7 nitrogen and oxygen atoms in total. The number of nitrogens with one attached hydrogen (secondary N) is 1. The molecule has 0 aliphatic carbocycles. The molecule has 2 aromatic carbocycles. The predicted molar refractivity (Wildman–Crippen MR) is 129 cm³/mol. The normalized spacial score (nSPS) is 13.4. The summed E-state index contributed by atoms with van der Waals surface area (Å²) in [6, 6.07) is 6.76. The Morgan fingerprint density at radius 1 is 1.16 bits per heavy atom. The quantitative estimate of drug-likeness (QED) is 0.223. The van der Waals surface area contributed by atoms with Crippen molar-refractivity contribution in [2.75, 3.05) is 7.11 Å². The van der Waals surface area contributed by atoms with Crippen LogP contribution in [0.4, 0.5) is 22.0 Å². The molecule has 0 saturated carbocycles. The van der Waals surface area contributed by atoms with Gasteiger partial charge >= 0.3 is 6.18 Å². The van der Waals surface area contributed by atoms with Crippen LogP contribution in [-0.4, -0.2) is 28.4 Å². The Kier molecular flexibility index (Phi) is 7.56. The number of halogens is 6. The van der Waals surface area contributed by atoms with Crippen molar-refractivity contribution in [2.24, 2.45) is 5.73 Å². The second kappa shape index (κ2) is 10.5. The highest BCUT2D eigenvalue weighted by atomic mass is 35.5. The molecule has 38 heavy (non-hydrogen) atoms. The van der Waals surface area contributed by atoms with Crippen molar-refractivity contribution in [2.45, 2.75) is 31.1 Å². The average Bonchev–Trinajstić information content (AvgIpc) is 3.31. The van der Waals surface area contributed by atoms with Crippen molar-refractivity contribution in [1.29, 1.82) is 0 Å². The topological polar surface area (TPSA) is 103 Å². The molecule has 0 bridgehead atoms. The van der Waals surface area contributed by atoms with E-state index in [-0.39, 0.29) is 51.7 Å². The summed E-state index contributed by atoms with van der Waals surface area (Å²) in [5.74, 6) is -2.57. The second-order valence-electron chi connectivity index (χ2n) is 8.26. The van der Waals surface area contributed by atoms with Crippen molar-refractivity contribution in [3.8, 4) is 17.2 Å². The first-order valence-electron chi connectivity index (χ1n) is 11.1. The second-order valence-corrected chi connectivity index (χ2v) is 8.95. The number of carbonyl (C=O) groups excluding carboxylic acids is 1. The highest BCUT2D eigenvalue weighted by Gasteiger charge is 2.33. The molecule has 0 fully saturated rings. The molecule has 4 rings (SSSR count). The van der Waals surface area contributed by atoms with Gasteiger partial charge in [-0.3, -0.25) is 4.79 Å². The third-order valence-corrected chi connectivity index (χ3v) is 5.95. The number of alkyl halides is 4. The number of ether oxygens (including phenoxy) is 1. The highest BCUT2D eigenvalue weighted by Crippen LogP contribution is 2.38. The van der Waals surface area contributed by atoms with Gasteiger partial charge < -0.3 is 20.2 Å². The molecular formula is C25H20ClF5N4O3. The number of oxazole rings is 1. The smallest absolute Gasteiger partial charge is 0.433 e. The van der Waals surface area contributed by atoms with Crippen LogP contribution in [0, 0.1) is 11.6 Å². The highest BCUT2D eigenvalue weighted by molar-refractivity contribution is 6.20. The Balaban J connectivity index is 1.78. The molecule has 0 aliphatic rings. The summed E-state index contributed by atoms with van der Waals surface area (Å²) in [5, 5.41) is 1.97. The number of fused-ring (bicyclic) bond motifs is 1. The summed E-state index contributed by atoms with van der Waals surface area (Å²) < 4.78 is 78.0. The van der Waals surface area contributed by atoms with Gasteiger partial charge in [0.05, 0.1) is 18.5 Å². The standard InChI is InChI=1S/C25H20ClF5N4O3/c1-11(26)19(32)22-21(23(36)33-10-12-3-4-13(27)9-16(12)28)35-24(38-22)15-5-7-17(37-2)20-14(15)6-8-18(34-20)25(29,30)31/h3-9,11,19H,10,32H2,1-2H3,(H,33,36)/t11?,19-/m0/s1. The van der Waals surface area contributed by atoms with Gasteiger partial charge in [-0.2, -0.15) is 13.2 Å². The minimum atomic E-state index is -4.69. The van der Waals surface area contributed by atoms with E-state index in [2.05, 4.69) is 15.3 Å². The summed E-state index contributed by atoms with van der Waals surface area (Å²) in [5.41, 5.74) is 4.88. The first kappa shape index (κ1) is 27.3. The van der Waals surface area contributed by atoms with E-state index in [1.54, 1.807) is 6.92 Å². The SMILES string of the molecule is COc1ccc(-c2nc(C(=O)NCc3ccc(F)cc3F)c([C@@H](N)C(C)Cl)o2)c2ccc(C(F)(F)F)nc12. The lowest BCUT2D eigenvalue weighted by atomic mass is 10.1. The molecule has 0 saturated heterocycles. The number of aromatic nitrogens is 2. The number of nitrogens with two attached hydrogens (primary N) is 1. The van der Waals surface area contributed by atoms with Crippen molar-refractivity contribution in [3.05, 3.63) is 76.8 Å². The molecule has 0 aliphatic heterocycles. The van der Waals surface area contributed by atoms with Crippen molar-refractivity contribution < 1.29 is 35.9 Å². The van der Waals surface area contributed by atoms with Crippen LogP contribution in [0.5, 0.6) is 5.75 Å². The zero-order valence-electron chi connectivity index (χ0n) is 19.9. The van der Waals surface area contributed by atoms with Crippen LogP contribution in [0.25, 0.3) is 22.4 Å². The zero-order chi connectivity index (χ0) is 27.8. The molecular weight excluding hydrogens is 535 g/mol. The number of methoxy groups -OCH3 is 1. The molecule has 1 amide bonds. The van der Waals surface area contributed by atoms with Crippen LogP contribution in [0.2, 0.25) is 0 Å². The summed E-state index contributed by atoms with van der Waals surface area (Å²) in [7, 11) is 1.28. The average molecular weight is 555 g/mol. The van der Waals surface area contributed by atoms with E-state index < -0.39 is 40.8 Å². The number of rotatable bonds is 7. The van der Waals surface area contributed by atoms with E-state index >= 15 is 0 Å². The summed E-state index contributed by atoms with van der Waals surface area (Å²) >= 11 is 6.14. The van der Waals surface area contributed by atoms with Crippen molar-refractivity contribution in [3.63, 3.8) is 0 Å². The molecule has 13 heteroatoms. The maximum absolute atomic E-state index is 14.0. The van der Waals surface area contributed by atoms with E-state index in [9.17, 15) is 26.7 Å². The molecule has 200 valence electrons. The monoisotopic (exact) mass is 554 g/mol. The van der Waals surface area contributed by atoms with Crippen molar-refractivity contribution >= 4 is 28.4 Å². The molecule has 1 unspecified atom stereocenters. The first-order chi connectivity index (χ1) is 17.9. The Hall–Kier alpha value is -3.77. The number of hydrogen-bond acceptors (Lipinski definition) is 6. The van der Waals surface area contributed by atoms with E-state index in [1.807, 2.05) is 0 Å². The largest absolute Gasteiger partial charge is 0.494 e. The lowest BCUT2D eigenvalue weighted by Gasteiger charge is -2.12. The van der Waals surface area contributed by atoms with Gasteiger partial charge in [-0.1, -0.05) is 6.07 Å². The number of hydrogen-bond donors (Lipinski definition) is 2. The van der Waals surface area contributed by atoms with Crippen LogP contribution in [0.15, 0.2) is 46.9 Å². The molecule has 0 spiro atoms. The Morgan fingerprint density at radius 2 is 1.89 bits per heavy atom. The Bertz CT molecular complexity index is 1510. The number of benzene rings is 2. The third kappa shape index (κ3) is 5.41. The van der Waals surface area contributed by atoms with Gasteiger partial charge in [0.2, 0.25) is 5.89 Å². The molecule has 2 aromatic heterocycles. The number of amides is 1. The third-order valence-electron chi connectivity index (χ3n) is 5.68. The number of carbonyl (C=O) groups is 1. The van der Waals surface area contributed by atoms with E-state index in [0.29, 0.717) is 6.07 Å². The maximum Gasteiger partial charge on any atom is 0.433 e. The van der Waals surface area contributed by atoms with Gasteiger partial charge in [0.25, 0.3) is 5.91 Å². The fraction of sp³-hybridized carbons (Fsp3) is 0.240. The van der Waals surface area contributed by atoms with Crippen LogP contribution in [0.1, 0.15) is 40.5 Å². The summed E-state index contributed by atoms with van der Waals surface area (Å²) in [4.78, 5) is 21.0. The van der Waals surface area contributed by atoms with E-state index in [0.717, 1.165) is 12.1 Å². The molecule has 2 atom stereocenters. The van der Waals surface area contributed by atoms with E-state index in [1.165, 1.54) is 31.4 Å². The fourth-order valence-corrected chi connectivity index (χ4v) is 3.78. The summed E-state index contributed by atoms with van der Waals surface area (Å²) in [6.45, 7) is 1.27. The maximum atomic E-state index is 14.0. The van der Waals surface area contributed by atoms with Gasteiger partial charge in [-0.25, -0.2) is 18.7 Å². The molecule has 3 N–H and O–H groups in total. The van der Waals surface area contributed by atoms with Crippen LogP contribution in [-0.2, 0) is 12.7 Å². The lowest BCUT2D eigenvalue weighted by Crippen LogP contribution is -2.28.